The predicted molar refractivity (Wildman–Crippen MR) is 91.6 cm³/mol. The fraction of sp³-hybridized carbons (Fsp3) is 0.765. The maximum absolute atomic E-state index is 3.83. The molecular weight excluding hydrogens is 264 g/mol. The van der Waals surface area contributed by atoms with E-state index < -0.39 is 0 Å². The molecule has 1 unspecified atom stereocenters. The second kappa shape index (κ2) is 8.81. The van der Waals surface area contributed by atoms with E-state index in [1.807, 2.05) is 11.3 Å². The molecule has 0 saturated heterocycles. The number of thiophene rings is 1. The Kier molecular flexibility index (Phi) is 7.78. The van der Waals surface area contributed by atoms with E-state index >= 15 is 0 Å². The van der Waals surface area contributed by atoms with Crippen molar-refractivity contribution < 1.29 is 0 Å². The summed E-state index contributed by atoms with van der Waals surface area (Å²) in [7, 11) is 0. The third kappa shape index (κ3) is 3.63. The van der Waals surface area contributed by atoms with Gasteiger partial charge in [0.15, 0.2) is 0 Å². The van der Waals surface area contributed by atoms with Crippen LogP contribution in [0.15, 0.2) is 17.5 Å². The van der Waals surface area contributed by atoms with Gasteiger partial charge in [0.05, 0.1) is 6.04 Å². The molecule has 0 aliphatic heterocycles. The molecule has 20 heavy (non-hydrogen) atoms. The number of nitrogens with one attached hydrogen (secondary N) is 1. The van der Waals surface area contributed by atoms with Crippen molar-refractivity contribution in [3.05, 3.63) is 22.4 Å². The molecule has 0 saturated carbocycles. The number of rotatable bonds is 10. The molecule has 2 nitrogen and oxygen atoms in total. The third-order valence-corrected chi connectivity index (χ3v) is 5.52. The number of hydrogen-bond donors (Lipinski definition) is 1. The molecule has 0 aliphatic rings. The summed E-state index contributed by atoms with van der Waals surface area (Å²) in [6.07, 6.45) is 3.55. The topological polar surface area (TPSA) is 15.3 Å². The molecule has 1 heterocycles. The first kappa shape index (κ1) is 17.7. The SMILES string of the molecule is CCCNC(c1cccs1)C(CC)(CC)N(CC)CC. The van der Waals surface area contributed by atoms with Crippen LogP contribution in [0.2, 0.25) is 0 Å². The average Bonchev–Trinajstić information content (AvgIpc) is 3.00. The summed E-state index contributed by atoms with van der Waals surface area (Å²) in [5.41, 5.74) is 0.226. The van der Waals surface area contributed by atoms with Gasteiger partial charge in [-0.15, -0.1) is 11.3 Å². The van der Waals surface area contributed by atoms with Gasteiger partial charge >= 0.3 is 0 Å². The Balaban J connectivity index is 3.15. The molecule has 1 aromatic heterocycles. The van der Waals surface area contributed by atoms with E-state index in [0.717, 1.165) is 19.6 Å². The molecule has 1 aromatic rings. The van der Waals surface area contributed by atoms with Crippen LogP contribution in [0.3, 0.4) is 0 Å². The Hall–Kier alpha value is -0.380. The number of nitrogens with zero attached hydrogens (tertiary/aromatic N) is 1. The van der Waals surface area contributed by atoms with Crippen LogP contribution in [0, 0.1) is 0 Å². The van der Waals surface area contributed by atoms with Crippen LogP contribution in [0.1, 0.15) is 64.8 Å². The molecule has 0 aromatic carbocycles. The highest BCUT2D eigenvalue weighted by atomic mass is 32.1. The lowest BCUT2D eigenvalue weighted by Crippen LogP contribution is -2.56. The average molecular weight is 297 g/mol. The highest BCUT2D eigenvalue weighted by molar-refractivity contribution is 7.10. The van der Waals surface area contributed by atoms with Crippen molar-refractivity contribution in [2.45, 2.75) is 65.5 Å². The Morgan fingerprint density at radius 3 is 2.20 bits per heavy atom. The van der Waals surface area contributed by atoms with Crippen molar-refractivity contribution in [1.82, 2.24) is 10.2 Å². The fourth-order valence-electron chi connectivity index (χ4n) is 3.44. The molecule has 0 fully saturated rings. The van der Waals surface area contributed by atoms with Gasteiger partial charge in [-0.1, -0.05) is 40.7 Å². The minimum atomic E-state index is 0.226. The van der Waals surface area contributed by atoms with Crippen molar-refractivity contribution >= 4 is 11.3 Å². The Labute approximate surface area is 129 Å². The lowest BCUT2D eigenvalue weighted by Gasteiger charge is -2.48. The smallest absolute Gasteiger partial charge is 0.0601 e. The van der Waals surface area contributed by atoms with Crippen LogP contribution >= 0.6 is 11.3 Å². The molecule has 3 heteroatoms. The van der Waals surface area contributed by atoms with E-state index in [0.29, 0.717) is 6.04 Å². The van der Waals surface area contributed by atoms with E-state index in [9.17, 15) is 0 Å². The van der Waals surface area contributed by atoms with E-state index in [4.69, 9.17) is 0 Å². The quantitative estimate of drug-likeness (QED) is 0.674. The van der Waals surface area contributed by atoms with Gasteiger partial charge in [0.2, 0.25) is 0 Å². The fourth-order valence-corrected chi connectivity index (χ4v) is 4.35. The van der Waals surface area contributed by atoms with E-state index in [2.05, 4.69) is 62.3 Å². The molecule has 116 valence electrons. The monoisotopic (exact) mass is 296 g/mol. The molecule has 0 bridgehead atoms. The van der Waals surface area contributed by atoms with Crippen molar-refractivity contribution in [1.29, 1.82) is 0 Å². The summed E-state index contributed by atoms with van der Waals surface area (Å²) in [6, 6.07) is 4.91. The number of likely N-dealkylation sites (N-methyl/N-ethyl adjacent to an activating group) is 1. The van der Waals surface area contributed by atoms with Crippen molar-refractivity contribution in [2.24, 2.45) is 0 Å². The minimum Gasteiger partial charge on any atom is -0.308 e. The van der Waals surface area contributed by atoms with Gasteiger partial charge in [0.25, 0.3) is 0 Å². The van der Waals surface area contributed by atoms with Crippen molar-refractivity contribution in [2.75, 3.05) is 19.6 Å². The summed E-state index contributed by atoms with van der Waals surface area (Å²) < 4.78 is 0. The zero-order valence-electron chi connectivity index (χ0n) is 13.9. The minimum absolute atomic E-state index is 0.226. The molecule has 0 spiro atoms. The van der Waals surface area contributed by atoms with Crippen molar-refractivity contribution in [3.8, 4) is 0 Å². The van der Waals surface area contributed by atoms with E-state index in [1.54, 1.807) is 0 Å². The zero-order valence-corrected chi connectivity index (χ0v) is 14.7. The Morgan fingerprint density at radius 1 is 1.15 bits per heavy atom. The molecule has 1 N–H and O–H groups in total. The van der Waals surface area contributed by atoms with Gasteiger partial charge in [-0.3, -0.25) is 4.90 Å². The van der Waals surface area contributed by atoms with Crippen LogP contribution in [0.5, 0.6) is 0 Å². The second-order valence-corrected chi connectivity index (χ2v) is 6.36. The molecular formula is C17H32N2S. The largest absolute Gasteiger partial charge is 0.308 e. The van der Waals surface area contributed by atoms with Crippen LogP contribution in [-0.2, 0) is 0 Å². The summed E-state index contributed by atoms with van der Waals surface area (Å²) in [6.45, 7) is 14.8. The van der Waals surface area contributed by atoms with Crippen LogP contribution in [0.25, 0.3) is 0 Å². The first-order chi connectivity index (χ1) is 9.69. The summed E-state index contributed by atoms with van der Waals surface area (Å²) in [5, 5.41) is 6.04. The van der Waals surface area contributed by atoms with Gasteiger partial charge in [-0.2, -0.15) is 0 Å². The molecule has 0 radical (unpaired) electrons. The van der Waals surface area contributed by atoms with E-state index in [1.165, 1.54) is 24.1 Å². The summed E-state index contributed by atoms with van der Waals surface area (Å²) in [4.78, 5) is 4.13. The Morgan fingerprint density at radius 2 is 1.80 bits per heavy atom. The first-order valence-corrected chi connectivity index (χ1v) is 9.09. The van der Waals surface area contributed by atoms with Crippen LogP contribution in [-0.4, -0.2) is 30.1 Å². The number of hydrogen-bond acceptors (Lipinski definition) is 3. The maximum atomic E-state index is 3.83. The van der Waals surface area contributed by atoms with Crippen LogP contribution in [0.4, 0.5) is 0 Å². The lowest BCUT2D eigenvalue weighted by molar-refractivity contribution is 0.0499. The summed E-state index contributed by atoms with van der Waals surface area (Å²) >= 11 is 1.89. The molecule has 1 rings (SSSR count). The summed E-state index contributed by atoms with van der Waals surface area (Å²) in [5.74, 6) is 0. The highest BCUT2D eigenvalue weighted by Crippen LogP contribution is 2.39. The first-order valence-electron chi connectivity index (χ1n) is 8.21. The predicted octanol–water partition coefficient (Wildman–Crippen LogP) is 4.69. The normalized spacial score (nSPS) is 13.9. The van der Waals surface area contributed by atoms with Gasteiger partial charge in [-0.05, 0) is 50.3 Å². The third-order valence-electron chi connectivity index (χ3n) is 4.58. The van der Waals surface area contributed by atoms with Gasteiger partial charge in [-0.25, -0.2) is 0 Å². The Bertz CT molecular complexity index is 340. The lowest BCUT2D eigenvalue weighted by atomic mass is 9.81. The zero-order chi connectivity index (χ0) is 15.0. The van der Waals surface area contributed by atoms with Gasteiger partial charge in [0, 0.05) is 10.4 Å². The standard InChI is InChI=1S/C17H32N2S/c1-6-13-18-16(15-12-11-14-20-15)17(7-2,8-3)19(9-4)10-5/h11-12,14,16,18H,6-10,13H2,1-5H3. The molecule has 1 atom stereocenters. The van der Waals surface area contributed by atoms with Gasteiger partial charge in [0.1, 0.15) is 0 Å². The van der Waals surface area contributed by atoms with Crippen LogP contribution < -0.4 is 5.32 Å². The van der Waals surface area contributed by atoms with Crippen molar-refractivity contribution in [3.63, 3.8) is 0 Å². The molecule has 0 amide bonds. The highest BCUT2D eigenvalue weighted by Gasteiger charge is 2.40. The second-order valence-electron chi connectivity index (χ2n) is 5.39. The maximum Gasteiger partial charge on any atom is 0.0601 e. The molecule has 0 aliphatic carbocycles. The van der Waals surface area contributed by atoms with Gasteiger partial charge < -0.3 is 5.32 Å². The van der Waals surface area contributed by atoms with E-state index in [-0.39, 0.29) is 5.54 Å².